The summed E-state index contributed by atoms with van der Waals surface area (Å²) >= 11 is 0. The molecule has 416 valence electrons. The van der Waals surface area contributed by atoms with E-state index in [0.29, 0.717) is 0 Å². The number of hydrogen-bond acceptors (Lipinski definition) is 31. The quantitative estimate of drug-likeness (QED) is 0.0643. The number of rotatable bonds is 17. The standard InChI is InChI=1S/C39H62O33/c1-7-12(43)26(22(53)37(62-7)68-27-14(45)9(4-41)63-32(57)21(27)52)67-34-18(49)15(46)13(44)10(64-34)5-60-33-23(54)29(24(65-33)8(42)3-40)70-36-20(51)17(48)28(30(71-36)31(55)56)69-35-19(50)16(47)25(66-35)11-6-61-39(2,72-11)38(58)59/h7-30,32-37,40-54,57H,3-6H2,1-2H3,(H,55,56)(H,58,59)/t7-,8+,9+,10+,11+,12-,13+,14-,15-,16+,17+,18+,19+,20+,21+,22+,23+,24-,25-,26+,27-,28-,29+,30-,32?,33+,34+,35-,36+,37-,39?/m0/s1. The molecule has 33 heteroatoms. The summed E-state index contributed by atoms with van der Waals surface area (Å²) < 4.78 is 71.1. The molecule has 7 aliphatic rings. The van der Waals surface area contributed by atoms with E-state index in [-0.39, 0.29) is 0 Å². The molecule has 0 aromatic rings. The Hall–Kier alpha value is -2.22. The van der Waals surface area contributed by atoms with Crippen molar-refractivity contribution in [1.29, 1.82) is 0 Å². The maximum Gasteiger partial charge on any atom is 0.364 e. The second-order valence-corrected chi connectivity index (χ2v) is 18.3. The van der Waals surface area contributed by atoms with Gasteiger partial charge >= 0.3 is 11.9 Å². The van der Waals surface area contributed by atoms with Crippen molar-refractivity contribution in [1.82, 2.24) is 0 Å². The van der Waals surface area contributed by atoms with Gasteiger partial charge in [-0.3, -0.25) is 0 Å². The van der Waals surface area contributed by atoms with Crippen molar-refractivity contribution < 1.29 is 163 Å². The molecule has 0 bridgehead atoms. The number of carbonyl (C=O) groups is 2. The Balaban J connectivity index is 0.985. The average molecular weight is 1060 g/mol. The first-order valence-electron chi connectivity index (χ1n) is 22.5. The molecule has 33 nitrogen and oxygen atoms in total. The number of aliphatic hydroxyl groups is 16. The van der Waals surface area contributed by atoms with E-state index >= 15 is 0 Å². The van der Waals surface area contributed by atoms with Gasteiger partial charge in [-0.15, -0.1) is 0 Å². The Bertz CT molecular complexity index is 1810. The van der Waals surface area contributed by atoms with Crippen molar-refractivity contribution in [3.8, 4) is 0 Å². The van der Waals surface area contributed by atoms with Gasteiger partial charge in [-0.05, 0) is 6.92 Å². The molecule has 7 heterocycles. The highest BCUT2D eigenvalue weighted by Gasteiger charge is 2.59. The molecule has 72 heavy (non-hydrogen) atoms. The highest BCUT2D eigenvalue weighted by Crippen LogP contribution is 2.38. The van der Waals surface area contributed by atoms with Gasteiger partial charge in [0.05, 0.1) is 32.5 Å². The predicted molar refractivity (Wildman–Crippen MR) is 212 cm³/mol. The third-order valence-electron chi connectivity index (χ3n) is 13.4. The number of carboxylic acid groups (broad SMARTS) is 2. The Labute approximate surface area is 405 Å². The van der Waals surface area contributed by atoms with Crippen LogP contribution in [-0.2, 0) is 71.2 Å². The van der Waals surface area contributed by atoms with Gasteiger partial charge in [-0.25, -0.2) is 9.59 Å². The summed E-state index contributed by atoms with van der Waals surface area (Å²) in [7, 11) is 0. The molecule has 7 rings (SSSR count). The number of ether oxygens (including phenoxy) is 13. The molecule has 7 saturated heterocycles. The van der Waals surface area contributed by atoms with Crippen LogP contribution in [0, 0.1) is 0 Å². The zero-order chi connectivity index (χ0) is 53.0. The van der Waals surface area contributed by atoms with Crippen LogP contribution in [0.25, 0.3) is 0 Å². The van der Waals surface area contributed by atoms with E-state index in [1.54, 1.807) is 0 Å². The molecule has 0 aromatic carbocycles. The van der Waals surface area contributed by atoms with Gasteiger partial charge in [0.1, 0.15) is 134 Å². The normalized spacial score (nSPS) is 52.6. The molecule has 0 saturated carbocycles. The fraction of sp³-hybridized carbons (Fsp3) is 0.949. The van der Waals surface area contributed by atoms with E-state index in [2.05, 4.69) is 0 Å². The third-order valence-corrected chi connectivity index (χ3v) is 13.4. The van der Waals surface area contributed by atoms with Crippen molar-refractivity contribution in [2.24, 2.45) is 0 Å². The Morgan fingerprint density at radius 3 is 1.74 bits per heavy atom. The van der Waals surface area contributed by atoms with E-state index in [4.69, 9.17) is 61.6 Å². The topological polar surface area (TPSA) is 518 Å². The highest BCUT2D eigenvalue weighted by atomic mass is 16.8. The summed E-state index contributed by atoms with van der Waals surface area (Å²) in [6, 6.07) is 0. The molecule has 0 radical (unpaired) electrons. The lowest BCUT2D eigenvalue weighted by Crippen LogP contribution is -2.66. The maximum atomic E-state index is 12.5. The van der Waals surface area contributed by atoms with Crippen molar-refractivity contribution >= 4 is 11.9 Å². The first kappa shape index (κ1) is 57.5. The summed E-state index contributed by atoms with van der Waals surface area (Å²) in [5.74, 6) is -5.52. The lowest BCUT2D eigenvalue weighted by Gasteiger charge is -2.47. The average Bonchev–Trinajstić information content (AvgIpc) is 3.99. The van der Waals surface area contributed by atoms with Gasteiger partial charge in [-0.2, -0.15) is 0 Å². The van der Waals surface area contributed by atoms with Crippen LogP contribution in [0.15, 0.2) is 0 Å². The second-order valence-electron chi connectivity index (χ2n) is 18.3. The van der Waals surface area contributed by atoms with Crippen molar-refractivity contribution in [2.75, 3.05) is 26.4 Å². The van der Waals surface area contributed by atoms with Crippen LogP contribution in [0.4, 0.5) is 0 Å². The zero-order valence-corrected chi connectivity index (χ0v) is 37.8. The van der Waals surface area contributed by atoms with Crippen LogP contribution in [0.1, 0.15) is 13.8 Å². The molecule has 18 N–H and O–H groups in total. The molecule has 31 atom stereocenters. The van der Waals surface area contributed by atoms with E-state index in [1.165, 1.54) is 6.92 Å². The predicted octanol–water partition coefficient (Wildman–Crippen LogP) is -12.1. The second kappa shape index (κ2) is 23.2. The van der Waals surface area contributed by atoms with Gasteiger partial charge in [0.15, 0.2) is 43.8 Å². The first-order chi connectivity index (χ1) is 33.8. The van der Waals surface area contributed by atoms with Crippen LogP contribution in [-0.4, -0.2) is 320 Å². The number of hydrogen-bond donors (Lipinski definition) is 18. The minimum atomic E-state index is -2.29. The monoisotopic (exact) mass is 1060 g/mol. The van der Waals surface area contributed by atoms with E-state index < -0.39 is 228 Å². The van der Waals surface area contributed by atoms with Crippen molar-refractivity contribution in [3.63, 3.8) is 0 Å². The summed E-state index contributed by atoms with van der Waals surface area (Å²) in [6.07, 6.45) is -57.0. The third kappa shape index (κ3) is 11.3. The molecular weight excluding hydrogens is 996 g/mol. The smallest absolute Gasteiger partial charge is 0.364 e. The lowest BCUT2D eigenvalue weighted by atomic mass is 9.96. The Kier molecular flexibility index (Phi) is 18.5. The molecule has 0 aromatic heterocycles. The molecule has 2 unspecified atom stereocenters. The number of aliphatic hydroxyl groups excluding tert-OH is 16. The molecule has 7 aliphatic heterocycles. The van der Waals surface area contributed by atoms with Gasteiger partial charge in [-0.1, -0.05) is 0 Å². The summed E-state index contributed by atoms with van der Waals surface area (Å²) in [5.41, 5.74) is 0. The van der Waals surface area contributed by atoms with Gasteiger partial charge in [0.25, 0.3) is 5.79 Å². The number of carboxylic acids is 2. The van der Waals surface area contributed by atoms with Crippen LogP contribution in [0.5, 0.6) is 0 Å². The first-order valence-corrected chi connectivity index (χ1v) is 22.5. The Morgan fingerprint density at radius 2 is 1.12 bits per heavy atom. The minimum absolute atomic E-state index is 0.435. The fourth-order valence-corrected chi connectivity index (χ4v) is 9.11. The zero-order valence-electron chi connectivity index (χ0n) is 37.8. The lowest BCUT2D eigenvalue weighted by molar-refractivity contribution is -0.377. The molecule has 7 fully saturated rings. The van der Waals surface area contributed by atoms with Crippen LogP contribution in [0.2, 0.25) is 0 Å². The summed E-state index contributed by atoms with van der Waals surface area (Å²) in [6.45, 7) is -0.860. The van der Waals surface area contributed by atoms with E-state index in [0.717, 1.165) is 6.92 Å². The maximum absolute atomic E-state index is 12.5. The van der Waals surface area contributed by atoms with Gasteiger partial charge < -0.3 is 153 Å². The van der Waals surface area contributed by atoms with Crippen molar-refractivity contribution in [3.05, 3.63) is 0 Å². The molecular formula is C39H62O33. The fourth-order valence-electron chi connectivity index (χ4n) is 9.11. The van der Waals surface area contributed by atoms with Crippen LogP contribution in [0.3, 0.4) is 0 Å². The van der Waals surface area contributed by atoms with Crippen molar-refractivity contribution in [2.45, 2.75) is 204 Å². The van der Waals surface area contributed by atoms with Gasteiger partial charge in [0.2, 0.25) is 0 Å². The molecule has 0 spiro atoms. The van der Waals surface area contributed by atoms with Gasteiger partial charge in [0, 0.05) is 6.92 Å². The van der Waals surface area contributed by atoms with Crippen LogP contribution < -0.4 is 0 Å². The van der Waals surface area contributed by atoms with E-state index in [1.807, 2.05) is 0 Å². The minimum Gasteiger partial charge on any atom is -0.479 e. The van der Waals surface area contributed by atoms with E-state index in [9.17, 15) is 102 Å². The largest absolute Gasteiger partial charge is 0.479 e. The summed E-state index contributed by atoms with van der Waals surface area (Å²) in [5, 5.41) is 190. The van der Waals surface area contributed by atoms with Crippen LogP contribution >= 0.6 is 0 Å². The SMILES string of the molecule is C[C@@H]1O[C@@H](O[C@H]2[C@@H](O)[C@@H](CO)OC(O)[C@@H]2O)[C@H](O)[C@H](O[C@H]2O[C@H](CO[C@@H]3O[C@@H]([C@H](O)CO)[C@H](O[C@@H]4O[C@H](C(=O)O)[C@@H](O[C@@H]5O[C@@H]([C@H]6COC(C)(C(=O)O)O6)[C@H](O)[C@H]5O)[C@H](O)[C@H]4O)[C@H]3O)[C@@H](O)[C@H](O)[C@H]2O)[C@H]1O. The molecule has 0 aliphatic carbocycles. The Morgan fingerprint density at radius 1 is 0.569 bits per heavy atom. The summed E-state index contributed by atoms with van der Waals surface area (Å²) in [4.78, 5) is 24.0. The highest BCUT2D eigenvalue weighted by molar-refractivity contribution is 5.75. The number of aliphatic carboxylic acids is 2. The molecule has 0 amide bonds.